The average molecular weight is 375 g/mol. The molecule has 3 N–H and O–H groups in total. The van der Waals surface area contributed by atoms with E-state index >= 15 is 0 Å². The average Bonchev–Trinajstić information content (AvgIpc) is 2.68. The lowest BCUT2D eigenvalue weighted by molar-refractivity contribution is -0.114. The quantitative estimate of drug-likeness (QED) is 0.480. The fourth-order valence-electron chi connectivity index (χ4n) is 2.75. The summed E-state index contributed by atoms with van der Waals surface area (Å²) in [4.78, 5) is 20.6. The van der Waals surface area contributed by atoms with Crippen molar-refractivity contribution in [2.24, 2.45) is 0 Å². The number of anilines is 4. The van der Waals surface area contributed by atoms with Crippen molar-refractivity contribution in [2.45, 2.75) is 26.7 Å². The Morgan fingerprint density at radius 2 is 1.75 bits per heavy atom. The van der Waals surface area contributed by atoms with Gasteiger partial charge in [-0.25, -0.2) is 4.98 Å². The first-order valence-corrected chi connectivity index (χ1v) is 9.47. The van der Waals surface area contributed by atoms with Gasteiger partial charge in [0, 0.05) is 36.5 Å². The van der Waals surface area contributed by atoms with E-state index < -0.39 is 0 Å². The van der Waals surface area contributed by atoms with E-state index in [1.165, 1.54) is 6.92 Å². The number of carbonyl (C=O) groups excluding carboxylic acids is 1. The Bertz CT molecular complexity index is 927. The molecule has 144 valence electrons. The molecule has 0 fully saturated rings. The van der Waals surface area contributed by atoms with Crippen molar-refractivity contribution in [1.82, 2.24) is 9.97 Å². The first kappa shape index (κ1) is 19.4. The molecule has 0 aliphatic rings. The molecular weight excluding hydrogens is 350 g/mol. The lowest BCUT2D eigenvalue weighted by Crippen LogP contribution is -2.07. The molecule has 28 heavy (non-hydrogen) atoms. The van der Waals surface area contributed by atoms with Crippen LogP contribution in [0.2, 0.25) is 0 Å². The number of benzene rings is 2. The number of unbranched alkanes of at least 4 members (excludes halogenated alkanes) is 1. The number of nitrogens with zero attached hydrogens (tertiary/aromatic N) is 2. The Morgan fingerprint density at radius 3 is 2.50 bits per heavy atom. The molecule has 3 aromatic rings. The second-order valence-corrected chi connectivity index (χ2v) is 6.50. The number of rotatable bonds is 8. The largest absolute Gasteiger partial charge is 0.370 e. The smallest absolute Gasteiger partial charge is 0.229 e. The molecule has 1 aromatic heterocycles. The van der Waals surface area contributed by atoms with Gasteiger partial charge < -0.3 is 16.0 Å². The fraction of sp³-hybridized carbons (Fsp3) is 0.227. The van der Waals surface area contributed by atoms with Gasteiger partial charge in [-0.15, -0.1) is 0 Å². The van der Waals surface area contributed by atoms with Gasteiger partial charge in [-0.1, -0.05) is 49.7 Å². The van der Waals surface area contributed by atoms with E-state index in [1.807, 2.05) is 60.7 Å². The zero-order valence-electron chi connectivity index (χ0n) is 16.2. The lowest BCUT2D eigenvalue weighted by Gasteiger charge is -2.12. The normalized spacial score (nSPS) is 10.4. The van der Waals surface area contributed by atoms with Crippen LogP contribution in [0.15, 0.2) is 60.7 Å². The molecule has 0 saturated heterocycles. The maximum atomic E-state index is 11.3. The summed E-state index contributed by atoms with van der Waals surface area (Å²) in [5.74, 6) is 1.17. The van der Waals surface area contributed by atoms with Crippen LogP contribution in [0.25, 0.3) is 11.3 Å². The maximum Gasteiger partial charge on any atom is 0.229 e. The summed E-state index contributed by atoms with van der Waals surface area (Å²) < 4.78 is 0. The van der Waals surface area contributed by atoms with E-state index in [9.17, 15) is 4.79 Å². The molecule has 0 aliphatic carbocycles. The summed E-state index contributed by atoms with van der Waals surface area (Å²) in [5.41, 5.74) is 3.39. The summed E-state index contributed by atoms with van der Waals surface area (Å²) in [6.45, 7) is 4.51. The number of hydrogen-bond acceptors (Lipinski definition) is 5. The van der Waals surface area contributed by atoms with Crippen molar-refractivity contribution in [3.63, 3.8) is 0 Å². The van der Waals surface area contributed by atoms with E-state index in [0.29, 0.717) is 5.95 Å². The molecule has 0 spiro atoms. The van der Waals surface area contributed by atoms with Gasteiger partial charge in [0.1, 0.15) is 5.82 Å². The molecule has 1 amide bonds. The number of carbonyl (C=O) groups is 1. The van der Waals surface area contributed by atoms with Crippen molar-refractivity contribution in [3.8, 4) is 11.3 Å². The van der Waals surface area contributed by atoms with Crippen molar-refractivity contribution in [2.75, 3.05) is 22.5 Å². The van der Waals surface area contributed by atoms with Crippen molar-refractivity contribution in [3.05, 3.63) is 60.7 Å². The summed E-state index contributed by atoms with van der Waals surface area (Å²) in [6, 6.07) is 19.5. The highest BCUT2D eigenvalue weighted by Gasteiger charge is 2.08. The van der Waals surface area contributed by atoms with Gasteiger partial charge in [0.2, 0.25) is 11.9 Å². The van der Waals surface area contributed by atoms with Gasteiger partial charge in [0.05, 0.1) is 5.69 Å². The van der Waals surface area contributed by atoms with Gasteiger partial charge in [-0.2, -0.15) is 4.98 Å². The zero-order chi connectivity index (χ0) is 19.8. The van der Waals surface area contributed by atoms with E-state index in [1.54, 1.807) is 0 Å². The minimum absolute atomic E-state index is 0.109. The van der Waals surface area contributed by atoms with Crippen LogP contribution in [0.5, 0.6) is 0 Å². The van der Waals surface area contributed by atoms with Gasteiger partial charge in [-0.05, 0) is 24.6 Å². The Kier molecular flexibility index (Phi) is 6.57. The molecule has 6 nitrogen and oxygen atoms in total. The molecule has 2 aromatic carbocycles. The zero-order valence-corrected chi connectivity index (χ0v) is 16.2. The maximum absolute atomic E-state index is 11.3. The highest BCUT2D eigenvalue weighted by Crippen LogP contribution is 2.24. The predicted octanol–water partition coefficient (Wildman–Crippen LogP) is 5.06. The fourth-order valence-corrected chi connectivity index (χ4v) is 2.75. The second kappa shape index (κ2) is 9.50. The Hall–Kier alpha value is -3.41. The molecule has 0 unspecified atom stereocenters. The molecule has 0 atom stereocenters. The summed E-state index contributed by atoms with van der Waals surface area (Å²) >= 11 is 0. The molecule has 6 heteroatoms. The van der Waals surface area contributed by atoms with Gasteiger partial charge >= 0.3 is 0 Å². The second-order valence-electron chi connectivity index (χ2n) is 6.50. The third-order valence-electron chi connectivity index (χ3n) is 4.07. The molecule has 0 radical (unpaired) electrons. The Balaban J connectivity index is 1.88. The van der Waals surface area contributed by atoms with Crippen LogP contribution in [-0.2, 0) is 4.79 Å². The van der Waals surface area contributed by atoms with Crippen LogP contribution in [0.4, 0.5) is 23.1 Å². The third-order valence-corrected chi connectivity index (χ3v) is 4.07. The Morgan fingerprint density at radius 1 is 0.964 bits per heavy atom. The molecular formula is C22H25N5O. The third kappa shape index (κ3) is 5.54. The highest BCUT2D eigenvalue weighted by molar-refractivity contribution is 5.89. The first-order valence-electron chi connectivity index (χ1n) is 9.47. The molecule has 0 aliphatic heterocycles. The molecule has 0 bridgehead atoms. The van der Waals surface area contributed by atoms with Gasteiger partial charge in [0.25, 0.3) is 0 Å². The van der Waals surface area contributed by atoms with Gasteiger partial charge in [-0.3, -0.25) is 4.79 Å². The Labute approximate surface area is 165 Å². The van der Waals surface area contributed by atoms with Gasteiger partial charge in [0.15, 0.2) is 0 Å². The van der Waals surface area contributed by atoms with E-state index in [2.05, 4.69) is 32.8 Å². The SMILES string of the molecule is CCCCNc1cc(-c2ccccc2)nc(Nc2cccc(NC(C)=O)c2)n1. The molecule has 3 rings (SSSR count). The topological polar surface area (TPSA) is 78.9 Å². The lowest BCUT2D eigenvalue weighted by atomic mass is 10.1. The van der Waals surface area contributed by atoms with Crippen LogP contribution in [0.1, 0.15) is 26.7 Å². The number of amides is 1. The van der Waals surface area contributed by atoms with Crippen LogP contribution >= 0.6 is 0 Å². The first-order chi connectivity index (χ1) is 13.6. The highest BCUT2D eigenvalue weighted by atomic mass is 16.1. The van der Waals surface area contributed by atoms with Crippen molar-refractivity contribution in [1.29, 1.82) is 0 Å². The van der Waals surface area contributed by atoms with E-state index in [4.69, 9.17) is 0 Å². The van der Waals surface area contributed by atoms with E-state index in [0.717, 1.165) is 47.8 Å². The van der Waals surface area contributed by atoms with Crippen LogP contribution in [0.3, 0.4) is 0 Å². The minimum Gasteiger partial charge on any atom is -0.370 e. The minimum atomic E-state index is -0.109. The number of nitrogens with one attached hydrogen (secondary N) is 3. The van der Waals surface area contributed by atoms with Crippen LogP contribution < -0.4 is 16.0 Å². The molecule has 0 saturated carbocycles. The summed E-state index contributed by atoms with van der Waals surface area (Å²) in [7, 11) is 0. The number of aromatic nitrogens is 2. The number of hydrogen-bond donors (Lipinski definition) is 3. The summed E-state index contributed by atoms with van der Waals surface area (Å²) in [5, 5.41) is 9.40. The van der Waals surface area contributed by atoms with E-state index in [-0.39, 0.29) is 5.91 Å². The van der Waals surface area contributed by atoms with Crippen LogP contribution in [0, 0.1) is 0 Å². The van der Waals surface area contributed by atoms with Crippen molar-refractivity contribution >= 4 is 29.0 Å². The summed E-state index contributed by atoms with van der Waals surface area (Å²) in [6.07, 6.45) is 2.19. The monoisotopic (exact) mass is 375 g/mol. The van der Waals surface area contributed by atoms with Crippen LogP contribution in [-0.4, -0.2) is 22.4 Å². The molecule has 1 heterocycles. The van der Waals surface area contributed by atoms with Crippen molar-refractivity contribution < 1.29 is 4.79 Å². The standard InChI is InChI=1S/C22H25N5O/c1-3-4-13-23-21-15-20(17-9-6-5-7-10-17)26-22(27-21)25-19-12-8-11-18(14-19)24-16(2)28/h5-12,14-15H,3-4,13H2,1-2H3,(H,24,28)(H2,23,25,26,27). The predicted molar refractivity (Wildman–Crippen MR) is 115 cm³/mol.